The SMILES string of the molecule is COc1ccc(/C=C/C(=O)Nc2ccccc2C(=O)OCC(=O)Nc2ccccc2C(F)(F)F)cc1. The third-order valence-electron chi connectivity index (χ3n) is 4.79. The van der Waals surface area contributed by atoms with Gasteiger partial charge in [0.2, 0.25) is 5.91 Å². The molecule has 0 aliphatic heterocycles. The quantitative estimate of drug-likeness (QED) is 0.331. The van der Waals surface area contributed by atoms with E-state index in [0.29, 0.717) is 5.75 Å². The molecule has 0 aromatic heterocycles. The van der Waals surface area contributed by atoms with Gasteiger partial charge in [-0.15, -0.1) is 0 Å². The van der Waals surface area contributed by atoms with Crippen LogP contribution in [0.4, 0.5) is 24.5 Å². The van der Waals surface area contributed by atoms with Crippen molar-refractivity contribution < 1.29 is 37.0 Å². The second kappa shape index (κ2) is 11.7. The number of anilines is 2. The maximum Gasteiger partial charge on any atom is 0.418 e. The van der Waals surface area contributed by atoms with Crippen LogP contribution in [0.15, 0.2) is 78.9 Å². The Balaban J connectivity index is 1.60. The maximum atomic E-state index is 13.1. The van der Waals surface area contributed by atoms with E-state index < -0.39 is 41.8 Å². The molecule has 10 heteroatoms. The van der Waals surface area contributed by atoms with Gasteiger partial charge in [0.1, 0.15) is 5.75 Å². The summed E-state index contributed by atoms with van der Waals surface area (Å²) in [5.41, 5.74) is -0.638. The van der Waals surface area contributed by atoms with E-state index in [2.05, 4.69) is 10.6 Å². The van der Waals surface area contributed by atoms with Crippen LogP contribution in [0.2, 0.25) is 0 Å². The zero-order valence-electron chi connectivity index (χ0n) is 19.0. The highest BCUT2D eigenvalue weighted by molar-refractivity contribution is 6.06. The molecule has 0 aliphatic rings. The van der Waals surface area contributed by atoms with Crippen molar-refractivity contribution >= 4 is 35.2 Å². The summed E-state index contributed by atoms with van der Waals surface area (Å²) in [6, 6.07) is 17.4. The number of alkyl halides is 3. The lowest BCUT2D eigenvalue weighted by Crippen LogP contribution is -2.23. The molecular formula is C26H21F3N2O5. The third-order valence-corrected chi connectivity index (χ3v) is 4.79. The van der Waals surface area contributed by atoms with E-state index in [9.17, 15) is 27.6 Å². The van der Waals surface area contributed by atoms with Crippen molar-refractivity contribution in [3.63, 3.8) is 0 Å². The van der Waals surface area contributed by atoms with E-state index in [1.165, 1.54) is 36.4 Å². The van der Waals surface area contributed by atoms with Gasteiger partial charge in [-0.3, -0.25) is 9.59 Å². The smallest absolute Gasteiger partial charge is 0.418 e. The van der Waals surface area contributed by atoms with Gasteiger partial charge in [-0.1, -0.05) is 36.4 Å². The van der Waals surface area contributed by atoms with Crippen LogP contribution >= 0.6 is 0 Å². The number of carbonyl (C=O) groups is 3. The van der Waals surface area contributed by atoms with Crippen molar-refractivity contribution in [2.45, 2.75) is 6.18 Å². The fourth-order valence-corrected chi connectivity index (χ4v) is 3.07. The van der Waals surface area contributed by atoms with E-state index in [1.807, 2.05) is 0 Å². The van der Waals surface area contributed by atoms with E-state index in [-0.39, 0.29) is 11.3 Å². The van der Waals surface area contributed by atoms with Crippen LogP contribution in [-0.2, 0) is 20.5 Å². The number of benzene rings is 3. The van der Waals surface area contributed by atoms with Crippen LogP contribution in [0.3, 0.4) is 0 Å². The van der Waals surface area contributed by atoms with Gasteiger partial charge in [0.25, 0.3) is 5.91 Å². The first-order valence-electron chi connectivity index (χ1n) is 10.5. The molecule has 0 radical (unpaired) electrons. The van der Waals surface area contributed by atoms with Crippen LogP contribution in [0.5, 0.6) is 5.75 Å². The average Bonchev–Trinajstić information content (AvgIpc) is 2.86. The van der Waals surface area contributed by atoms with Crippen LogP contribution < -0.4 is 15.4 Å². The minimum atomic E-state index is -4.67. The number of nitrogens with one attached hydrogen (secondary N) is 2. The molecule has 0 fully saturated rings. The number of halogens is 3. The van der Waals surface area contributed by atoms with Crippen LogP contribution in [0.1, 0.15) is 21.5 Å². The van der Waals surface area contributed by atoms with Crippen molar-refractivity contribution in [2.75, 3.05) is 24.4 Å². The largest absolute Gasteiger partial charge is 0.497 e. The Morgan fingerprint density at radius 2 is 1.50 bits per heavy atom. The summed E-state index contributed by atoms with van der Waals surface area (Å²) in [5.74, 6) is -1.75. The predicted octanol–water partition coefficient (Wildman–Crippen LogP) is 5.16. The molecule has 2 N–H and O–H groups in total. The predicted molar refractivity (Wildman–Crippen MR) is 127 cm³/mol. The number of carbonyl (C=O) groups excluding carboxylic acids is 3. The van der Waals surface area contributed by atoms with Crippen molar-refractivity contribution in [2.24, 2.45) is 0 Å². The minimum Gasteiger partial charge on any atom is -0.497 e. The van der Waals surface area contributed by atoms with Crippen molar-refractivity contribution in [3.05, 3.63) is 95.6 Å². The molecule has 0 saturated heterocycles. The van der Waals surface area contributed by atoms with E-state index in [4.69, 9.17) is 9.47 Å². The monoisotopic (exact) mass is 498 g/mol. The number of ether oxygens (including phenoxy) is 2. The molecule has 0 atom stereocenters. The van der Waals surface area contributed by atoms with Crippen LogP contribution in [0.25, 0.3) is 6.08 Å². The topological polar surface area (TPSA) is 93.7 Å². The maximum absolute atomic E-state index is 13.1. The molecule has 0 unspecified atom stereocenters. The third kappa shape index (κ3) is 7.20. The average molecular weight is 498 g/mol. The highest BCUT2D eigenvalue weighted by Crippen LogP contribution is 2.34. The van der Waals surface area contributed by atoms with Crippen molar-refractivity contribution in [1.29, 1.82) is 0 Å². The second-order valence-electron chi connectivity index (χ2n) is 7.31. The van der Waals surface area contributed by atoms with Gasteiger partial charge in [-0.2, -0.15) is 13.2 Å². The fraction of sp³-hybridized carbons (Fsp3) is 0.115. The number of esters is 1. The Bertz CT molecular complexity index is 1270. The zero-order chi connectivity index (χ0) is 26.1. The molecule has 0 heterocycles. The number of rotatable bonds is 8. The van der Waals surface area contributed by atoms with Gasteiger partial charge in [0, 0.05) is 6.08 Å². The molecule has 0 saturated carbocycles. The summed E-state index contributed by atoms with van der Waals surface area (Å²) in [6.07, 6.45) is -1.83. The first kappa shape index (κ1) is 26.0. The molecule has 36 heavy (non-hydrogen) atoms. The molecule has 3 rings (SSSR count). The number of hydrogen-bond acceptors (Lipinski definition) is 5. The number of para-hydroxylation sites is 2. The summed E-state index contributed by atoms with van der Waals surface area (Å²) < 4.78 is 49.3. The van der Waals surface area contributed by atoms with Gasteiger partial charge in [0.15, 0.2) is 6.61 Å². The fourth-order valence-electron chi connectivity index (χ4n) is 3.07. The molecular weight excluding hydrogens is 477 g/mol. The van der Waals surface area contributed by atoms with Gasteiger partial charge in [0.05, 0.1) is 29.6 Å². The first-order valence-corrected chi connectivity index (χ1v) is 10.5. The Labute approximate surface area is 204 Å². The molecule has 2 amide bonds. The molecule has 186 valence electrons. The highest BCUT2D eigenvalue weighted by atomic mass is 19.4. The Morgan fingerprint density at radius 1 is 0.861 bits per heavy atom. The molecule has 0 bridgehead atoms. The standard InChI is InChI=1S/C26H21F3N2O5/c1-35-18-13-10-17(11-14-18)12-15-23(32)30-21-8-4-2-6-19(21)25(34)36-16-24(33)31-22-9-5-3-7-20(22)26(27,28)29/h2-15H,16H2,1H3,(H,30,32)(H,31,33)/b15-12+. The summed E-state index contributed by atoms with van der Waals surface area (Å²) >= 11 is 0. The van der Waals surface area contributed by atoms with Gasteiger partial charge in [-0.25, -0.2) is 4.79 Å². The molecule has 3 aromatic carbocycles. The summed E-state index contributed by atoms with van der Waals surface area (Å²) in [7, 11) is 1.54. The van der Waals surface area contributed by atoms with Crippen molar-refractivity contribution in [3.8, 4) is 5.75 Å². The highest BCUT2D eigenvalue weighted by Gasteiger charge is 2.33. The zero-order valence-corrected chi connectivity index (χ0v) is 19.0. The Morgan fingerprint density at radius 3 is 2.17 bits per heavy atom. The summed E-state index contributed by atoms with van der Waals surface area (Å²) in [4.78, 5) is 36.9. The Hall–Kier alpha value is -4.60. The van der Waals surface area contributed by atoms with Gasteiger partial charge < -0.3 is 20.1 Å². The van der Waals surface area contributed by atoms with Crippen LogP contribution in [0, 0.1) is 0 Å². The lowest BCUT2D eigenvalue weighted by molar-refractivity contribution is -0.137. The normalized spacial score (nSPS) is 11.1. The second-order valence-corrected chi connectivity index (χ2v) is 7.31. The van der Waals surface area contributed by atoms with E-state index >= 15 is 0 Å². The molecule has 7 nitrogen and oxygen atoms in total. The molecule has 0 spiro atoms. The summed E-state index contributed by atoms with van der Waals surface area (Å²) in [6.45, 7) is -0.829. The van der Waals surface area contributed by atoms with E-state index in [1.54, 1.807) is 43.5 Å². The van der Waals surface area contributed by atoms with Gasteiger partial charge >= 0.3 is 12.1 Å². The lowest BCUT2D eigenvalue weighted by atomic mass is 10.1. The van der Waals surface area contributed by atoms with Crippen LogP contribution in [-0.4, -0.2) is 31.5 Å². The Kier molecular flexibility index (Phi) is 8.45. The number of hydrogen-bond donors (Lipinski definition) is 2. The molecule has 3 aromatic rings. The molecule has 0 aliphatic carbocycles. The number of amides is 2. The number of methoxy groups -OCH3 is 1. The van der Waals surface area contributed by atoms with E-state index in [0.717, 1.165) is 17.7 Å². The van der Waals surface area contributed by atoms with Crippen molar-refractivity contribution in [1.82, 2.24) is 0 Å². The first-order chi connectivity index (χ1) is 17.2. The lowest BCUT2D eigenvalue weighted by Gasteiger charge is -2.14. The minimum absolute atomic E-state index is 0.0350. The van der Waals surface area contributed by atoms with Gasteiger partial charge in [-0.05, 0) is 48.0 Å². The summed E-state index contributed by atoms with van der Waals surface area (Å²) in [5, 5.41) is 4.65.